The van der Waals surface area contributed by atoms with Gasteiger partial charge >= 0.3 is 7.12 Å². The largest absolute Gasteiger partial charge is 0.494 e. The fourth-order valence-electron chi connectivity index (χ4n) is 5.08. The molecule has 1 saturated heterocycles. The average molecular weight is 500 g/mol. The molecule has 3 rings (SSSR count). The van der Waals surface area contributed by atoms with Gasteiger partial charge in [-0.1, -0.05) is 33.8 Å². The Kier molecular flexibility index (Phi) is 9.26. The van der Waals surface area contributed by atoms with Gasteiger partial charge in [-0.2, -0.15) is 0 Å². The van der Waals surface area contributed by atoms with Crippen molar-refractivity contribution in [2.75, 3.05) is 13.0 Å². The molecule has 190 valence electrons. The molecular formula is C26H37BN2O5S. The summed E-state index contributed by atoms with van der Waals surface area (Å²) in [5.41, 5.74) is 2.25. The minimum atomic E-state index is -1.33. The van der Waals surface area contributed by atoms with Crippen LogP contribution >= 0.6 is 0 Å². The van der Waals surface area contributed by atoms with Crippen LogP contribution < -0.4 is 10.8 Å². The number of methoxy groups -OCH3 is 1. The zero-order valence-electron chi connectivity index (χ0n) is 21.7. The number of benzene rings is 1. The van der Waals surface area contributed by atoms with Crippen molar-refractivity contribution in [3.05, 3.63) is 53.3 Å². The first-order valence-electron chi connectivity index (χ1n) is 12.3. The summed E-state index contributed by atoms with van der Waals surface area (Å²) < 4.78 is 30.5. The van der Waals surface area contributed by atoms with Crippen molar-refractivity contribution in [1.82, 2.24) is 10.3 Å². The number of hydrogen-bond acceptors (Lipinski definition) is 6. The van der Waals surface area contributed by atoms with Crippen molar-refractivity contribution in [2.24, 2.45) is 0 Å². The molecule has 1 N–H and O–H groups in total. The molecule has 0 radical (unpaired) electrons. The predicted molar refractivity (Wildman–Crippen MR) is 139 cm³/mol. The lowest BCUT2D eigenvalue weighted by Crippen LogP contribution is -2.50. The molecular weight excluding hydrogens is 463 g/mol. The second-order valence-electron chi connectivity index (χ2n) is 8.97. The van der Waals surface area contributed by atoms with E-state index in [2.05, 4.69) is 38.0 Å². The molecule has 1 aliphatic heterocycles. The first-order chi connectivity index (χ1) is 16.8. The van der Waals surface area contributed by atoms with Gasteiger partial charge in [-0.15, -0.1) is 0 Å². The van der Waals surface area contributed by atoms with Gasteiger partial charge in [0.05, 0.1) is 34.2 Å². The lowest BCUT2D eigenvalue weighted by Gasteiger charge is -2.42. The highest BCUT2D eigenvalue weighted by Gasteiger charge is 2.58. The molecule has 1 fully saturated rings. The zero-order chi connectivity index (χ0) is 25.6. The van der Waals surface area contributed by atoms with Gasteiger partial charge in [0.15, 0.2) is 0 Å². The minimum absolute atomic E-state index is 0.0859. The summed E-state index contributed by atoms with van der Waals surface area (Å²) in [4.78, 5) is 17.8. The Morgan fingerprint density at radius 2 is 1.69 bits per heavy atom. The Hall–Kier alpha value is -2.07. The molecule has 0 aliphatic carbocycles. The van der Waals surface area contributed by atoms with Crippen LogP contribution in [0.3, 0.4) is 0 Å². The van der Waals surface area contributed by atoms with Crippen LogP contribution in [0, 0.1) is 6.92 Å². The molecule has 0 bridgehead atoms. The fourth-order valence-corrected chi connectivity index (χ4v) is 6.10. The summed E-state index contributed by atoms with van der Waals surface area (Å²) in [6.45, 7) is 10.7. The SMILES string of the molecule is CCC1(CC)OB(c2ccnc(CNC(=O)c3ccc(C)c(S(=O)COC)c3)c2)OC1(CC)CC. The first kappa shape index (κ1) is 27.5. The first-order valence-corrected chi connectivity index (χ1v) is 13.7. The van der Waals surface area contributed by atoms with Crippen molar-refractivity contribution in [3.8, 4) is 0 Å². The maximum atomic E-state index is 12.8. The van der Waals surface area contributed by atoms with E-state index in [0.717, 1.165) is 36.7 Å². The number of pyridine rings is 1. The maximum absolute atomic E-state index is 12.8. The number of ether oxygens (including phenoxy) is 1. The number of hydrogen-bond donors (Lipinski definition) is 1. The summed E-state index contributed by atoms with van der Waals surface area (Å²) in [7, 11) is -0.294. The van der Waals surface area contributed by atoms with Gasteiger partial charge in [0, 0.05) is 23.8 Å². The number of amides is 1. The number of aryl methyl sites for hydroxylation is 1. The summed E-state index contributed by atoms with van der Waals surface area (Å²) in [5, 5.41) is 2.91. The Bertz CT molecular complexity index is 1040. The number of nitrogens with one attached hydrogen (secondary N) is 1. The van der Waals surface area contributed by atoms with Gasteiger partial charge in [-0.25, -0.2) is 0 Å². The van der Waals surface area contributed by atoms with Gasteiger partial charge in [-0.3, -0.25) is 14.0 Å². The summed E-state index contributed by atoms with van der Waals surface area (Å²) in [6, 6.07) is 9.02. The van der Waals surface area contributed by atoms with E-state index in [-0.39, 0.29) is 29.6 Å². The van der Waals surface area contributed by atoms with Crippen molar-refractivity contribution >= 4 is 29.3 Å². The number of carbonyl (C=O) groups is 1. The molecule has 2 aromatic rings. The van der Waals surface area contributed by atoms with Gasteiger partial charge < -0.3 is 19.4 Å². The van der Waals surface area contributed by atoms with Gasteiger partial charge in [0.25, 0.3) is 5.91 Å². The molecule has 0 saturated carbocycles. The molecule has 35 heavy (non-hydrogen) atoms. The minimum Gasteiger partial charge on any atom is -0.399 e. The molecule has 7 nitrogen and oxygen atoms in total. The third-order valence-corrected chi connectivity index (χ3v) is 8.62. The molecule has 1 aromatic carbocycles. The average Bonchev–Trinajstić information content (AvgIpc) is 3.23. The Balaban J connectivity index is 1.74. The number of nitrogens with zero attached hydrogens (tertiary/aromatic N) is 1. The molecule has 1 unspecified atom stereocenters. The highest BCUT2D eigenvalue weighted by molar-refractivity contribution is 7.84. The van der Waals surface area contributed by atoms with E-state index < -0.39 is 17.9 Å². The molecule has 1 aliphatic rings. The molecule has 1 aromatic heterocycles. The van der Waals surface area contributed by atoms with Crippen molar-refractivity contribution in [3.63, 3.8) is 0 Å². The van der Waals surface area contributed by atoms with Gasteiger partial charge in [0.1, 0.15) is 5.94 Å². The van der Waals surface area contributed by atoms with E-state index >= 15 is 0 Å². The number of rotatable bonds is 11. The lowest BCUT2D eigenvalue weighted by molar-refractivity contribution is -0.0601. The Morgan fingerprint density at radius 3 is 2.26 bits per heavy atom. The van der Waals surface area contributed by atoms with Crippen LogP contribution in [0.5, 0.6) is 0 Å². The van der Waals surface area contributed by atoms with Crippen LogP contribution in [0.25, 0.3) is 0 Å². The van der Waals surface area contributed by atoms with E-state index in [1.165, 1.54) is 7.11 Å². The van der Waals surface area contributed by atoms with Gasteiger partial charge in [0.2, 0.25) is 0 Å². The Labute approximate surface area is 211 Å². The highest BCUT2D eigenvalue weighted by atomic mass is 32.2. The summed E-state index contributed by atoms with van der Waals surface area (Å²) >= 11 is 0. The third kappa shape index (κ3) is 5.53. The number of aromatic nitrogens is 1. The second-order valence-corrected chi connectivity index (χ2v) is 10.3. The van der Waals surface area contributed by atoms with E-state index in [9.17, 15) is 9.00 Å². The molecule has 2 heterocycles. The van der Waals surface area contributed by atoms with Crippen LogP contribution in [0.2, 0.25) is 0 Å². The summed E-state index contributed by atoms with van der Waals surface area (Å²) in [5.74, 6) is -0.170. The topological polar surface area (TPSA) is 86.8 Å². The van der Waals surface area contributed by atoms with Crippen molar-refractivity contribution in [1.29, 1.82) is 0 Å². The fraction of sp³-hybridized carbons (Fsp3) is 0.538. The van der Waals surface area contributed by atoms with E-state index in [1.54, 1.807) is 24.4 Å². The quantitative estimate of drug-likeness (QED) is 0.471. The zero-order valence-corrected chi connectivity index (χ0v) is 22.5. The third-order valence-electron chi connectivity index (χ3n) is 7.24. The van der Waals surface area contributed by atoms with E-state index in [0.29, 0.717) is 16.2 Å². The van der Waals surface area contributed by atoms with Gasteiger partial charge in [-0.05, 0) is 67.9 Å². The monoisotopic (exact) mass is 500 g/mol. The predicted octanol–water partition coefficient (Wildman–Crippen LogP) is 3.89. The molecule has 1 atom stereocenters. The Morgan fingerprint density at radius 1 is 1.06 bits per heavy atom. The van der Waals surface area contributed by atoms with Crippen LogP contribution in [0.15, 0.2) is 41.4 Å². The van der Waals surface area contributed by atoms with E-state index in [4.69, 9.17) is 14.0 Å². The number of carbonyl (C=O) groups excluding carboxylic acids is 1. The summed E-state index contributed by atoms with van der Waals surface area (Å²) in [6.07, 6.45) is 5.23. The van der Waals surface area contributed by atoms with Crippen LogP contribution in [-0.2, 0) is 31.4 Å². The van der Waals surface area contributed by atoms with Crippen LogP contribution in [0.1, 0.15) is 75.0 Å². The van der Waals surface area contributed by atoms with Crippen molar-refractivity contribution < 1.29 is 23.0 Å². The van der Waals surface area contributed by atoms with Crippen LogP contribution in [-0.4, -0.2) is 46.5 Å². The highest BCUT2D eigenvalue weighted by Crippen LogP contribution is 2.46. The molecule has 9 heteroatoms. The second kappa shape index (κ2) is 11.8. The lowest BCUT2D eigenvalue weighted by atomic mass is 9.75. The molecule has 0 spiro atoms. The standard InChI is InChI=1S/C26H37BN2O5S/c1-7-25(8-2)26(9-3,10-4)34-27(33-25)21-13-14-28-22(16-21)17-29-24(30)20-12-11-19(5)23(15-20)35(31)18-32-6/h11-16H,7-10,17-18H2,1-6H3,(H,29,30). The van der Waals surface area contributed by atoms with Crippen molar-refractivity contribution in [2.45, 2.75) is 82.9 Å². The maximum Gasteiger partial charge on any atom is 0.494 e. The molecule has 1 amide bonds. The van der Waals surface area contributed by atoms with Crippen LogP contribution in [0.4, 0.5) is 0 Å². The smallest absolute Gasteiger partial charge is 0.399 e. The van der Waals surface area contributed by atoms with E-state index in [1.807, 2.05) is 19.1 Å². The normalized spacial score (nSPS) is 17.4.